The molecular weight excluding hydrogens is 274 g/mol. The first-order valence-corrected chi connectivity index (χ1v) is 7.03. The summed E-state index contributed by atoms with van der Waals surface area (Å²) in [5.74, 6) is 0.709. The van der Waals surface area contributed by atoms with Crippen molar-refractivity contribution in [2.75, 3.05) is 19.8 Å². The Morgan fingerprint density at radius 3 is 3.20 bits per heavy atom. The van der Waals surface area contributed by atoms with Crippen molar-refractivity contribution in [2.24, 2.45) is 5.92 Å². The third-order valence-corrected chi connectivity index (χ3v) is 4.19. The summed E-state index contributed by atoms with van der Waals surface area (Å²) in [5, 5.41) is 5.68. The highest BCUT2D eigenvalue weighted by molar-refractivity contribution is 9.11. The smallest absolute Gasteiger partial charge is 0.0701 e. The lowest BCUT2D eigenvalue weighted by Gasteiger charge is -2.22. The van der Waals surface area contributed by atoms with Crippen molar-refractivity contribution in [3.8, 4) is 0 Å². The zero-order chi connectivity index (χ0) is 10.5. The molecule has 2 rings (SSSR count). The fourth-order valence-electron chi connectivity index (χ4n) is 1.83. The number of hydrogen-bond acceptors (Lipinski definition) is 3. The lowest BCUT2D eigenvalue weighted by molar-refractivity contribution is 0.0547. The van der Waals surface area contributed by atoms with Gasteiger partial charge in [-0.25, -0.2) is 0 Å². The Labute approximate surface area is 103 Å². The van der Waals surface area contributed by atoms with Gasteiger partial charge in [-0.15, -0.1) is 11.3 Å². The van der Waals surface area contributed by atoms with E-state index in [1.807, 2.05) is 0 Å². The maximum Gasteiger partial charge on any atom is 0.0701 e. The van der Waals surface area contributed by atoms with Gasteiger partial charge in [-0.1, -0.05) is 0 Å². The highest BCUT2D eigenvalue weighted by atomic mass is 79.9. The van der Waals surface area contributed by atoms with Crippen molar-refractivity contribution in [2.45, 2.75) is 19.4 Å². The first-order valence-electron chi connectivity index (χ1n) is 5.36. The van der Waals surface area contributed by atoms with Gasteiger partial charge in [0.1, 0.15) is 0 Å². The molecule has 1 N–H and O–H groups in total. The second-order valence-corrected chi connectivity index (χ2v) is 6.26. The van der Waals surface area contributed by atoms with E-state index in [1.165, 1.54) is 22.2 Å². The minimum absolute atomic E-state index is 0.709. The SMILES string of the molecule is Brc1cc(CNCC2CCCOC2)cs1. The van der Waals surface area contributed by atoms with Gasteiger partial charge in [0.2, 0.25) is 0 Å². The van der Waals surface area contributed by atoms with Crippen LogP contribution in [0.15, 0.2) is 15.2 Å². The second-order valence-electron chi connectivity index (χ2n) is 3.97. The molecule has 2 nitrogen and oxygen atoms in total. The number of hydrogen-bond donors (Lipinski definition) is 1. The van der Waals surface area contributed by atoms with Gasteiger partial charge in [0.25, 0.3) is 0 Å². The normalized spacial score (nSPS) is 21.8. The predicted molar refractivity (Wildman–Crippen MR) is 67.3 cm³/mol. The van der Waals surface area contributed by atoms with E-state index < -0.39 is 0 Å². The lowest BCUT2D eigenvalue weighted by atomic mass is 10.0. The molecule has 84 valence electrons. The van der Waals surface area contributed by atoms with Crippen LogP contribution in [0.4, 0.5) is 0 Å². The van der Waals surface area contributed by atoms with Crippen LogP contribution in [0.2, 0.25) is 0 Å². The molecule has 2 heterocycles. The van der Waals surface area contributed by atoms with Gasteiger partial charge in [-0.3, -0.25) is 0 Å². The summed E-state index contributed by atoms with van der Waals surface area (Å²) in [7, 11) is 0. The van der Waals surface area contributed by atoms with Crippen LogP contribution in [0.1, 0.15) is 18.4 Å². The molecule has 0 radical (unpaired) electrons. The fourth-order valence-corrected chi connectivity index (χ4v) is 3.04. The first-order chi connectivity index (χ1) is 7.34. The van der Waals surface area contributed by atoms with Crippen molar-refractivity contribution in [3.05, 3.63) is 20.8 Å². The maximum atomic E-state index is 5.44. The standard InChI is InChI=1S/C11H16BrNOS/c12-11-4-10(8-15-11)6-13-5-9-2-1-3-14-7-9/h4,8-9,13H,1-3,5-7H2. The van der Waals surface area contributed by atoms with Gasteiger partial charge in [0.15, 0.2) is 0 Å². The largest absolute Gasteiger partial charge is 0.381 e. The minimum Gasteiger partial charge on any atom is -0.381 e. The Kier molecular flexibility index (Phi) is 4.62. The van der Waals surface area contributed by atoms with E-state index in [-0.39, 0.29) is 0 Å². The first kappa shape index (κ1) is 11.6. The summed E-state index contributed by atoms with van der Waals surface area (Å²) in [6.07, 6.45) is 2.52. The molecule has 0 aliphatic carbocycles. The quantitative estimate of drug-likeness (QED) is 0.920. The fraction of sp³-hybridized carbons (Fsp3) is 0.636. The summed E-state index contributed by atoms with van der Waals surface area (Å²) in [4.78, 5) is 0. The van der Waals surface area contributed by atoms with E-state index in [2.05, 4.69) is 32.7 Å². The lowest BCUT2D eigenvalue weighted by Crippen LogP contribution is -2.28. The van der Waals surface area contributed by atoms with Crippen molar-refractivity contribution in [1.82, 2.24) is 5.32 Å². The van der Waals surface area contributed by atoms with E-state index in [9.17, 15) is 0 Å². The van der Waals surface area contributed by atoms with Gasteiger partial charge in [-0.2, -0.15) is 0 Å². The molecule has 1 atom stereocenters. The Balaban J connectivity index is 1.65. The summed E-state index contributed by atoms with van der Waals surface area (Å²) in [6, 6.07) is 2.18. The molecule has 1 fully saturated rings. The van der Waals surface area contributed by atoms with Crippen LogP contribution in [0.5, 0.6) is 0 Å². The minimum atomic E-state index is 0.709. The summed E-state index contributed by atoms with van der Waals surface area (Å²) >= 11 is 5.21. The Hall–Kier alpha value is 0.1000. The molecule has 4 heteroatoms. The summed E-state index contributed by atoms with van der Waals surface area (Å²) in [5.41, 5.74) is 1.36. The van der Waals surface area contributed by atoms with Crippen LogP contribution in [-0.4, -0.2) is 19.8 Å². The zero-order valence-corrected chi connectivity index (χ0v) is 11.1. The molecule has 1 saturated heterocycles. The monoisotopic (exact) mass is 289 g/mol. The summed E-state index contributed by atoms with van der Waals surface area (Å²) in [6.45, 7) is 3.93. The van der Waals surface area contributed by atoms with E-state index in [4.69, 9.17) is 4.74 Å². The van der Waals surface area contributed by atoms with Crippen LogP contribution in [0, 0.1) is 5.92 Å². The highest BCUT2D eigenvalue weighted by Crippen LogP contribution is 2.20. The number of thiophene rings is 1. The third-order valence-electron chi connectivity index (χ3n) is 2.64. The van der Waals surface area contributed by atoms with Gasteiger partial charge in [0.05, 0.1) is 10.4 Å². The topological polar surface area (TPSA) is 21.3 Å². The van der Waals surface area contributed by atoms with Crippen LogP contribution < -0.4 is 5.32 Å². The molecule has 0 aromatic carbocycles. The van der Waals surface area contributed by atoms with Crippen molar-refractivity contribution < 1.29 is 4.74 Å². The van der Waals surface area contributed by atoms with E-state index in [0.29, 0.717) is 5.92 Å². The van der Waals surface area contributed by atoms with Gasteiger partial charge in [-0.05, 0) is 51.7 Å². The van der Waals surface area contributed by atoms with Gasteiger partial charge < -0.3 is 10.1 Å². The number of halogens is 1. The average molecular weight is 290 g/mol. The number of ether oxygens (including phenoxy) is 1. The predicted octanol–water partition coefficient (Wildman–Crippen LogP) is 3.03. The highest BCUT2D eigenvalue weighted by Gasteiger charge is 2.12. The second kappa shape index (κ2) is 5.99. The van der Waals surface area contributed by atoms with Crippen molar-refractivity contribution in [3.63, 3.8) is 0 Å². The van der Waals surface area contributed by atoms with Crippen molar-refractivity contribution >= 4 is 27.3 Å². The molecule has 0 saturated carbocycles. The number of rotatable bonds is 4. The Bertz CT molecular complexity index is 297. The zero-order valence-electron chi connectivity index (χ0n) is 8.67. The maximum absolute atomic E-state index is 5.44. The molecule has 1 unspecified atom stereocenters. The van der Waals surface area contributed by atoms with Gasteiger partial charge >= 0.3 is 0 Å². The van der Waals surface area contributed by atoms with Crippen LogP contribution in [0.3, 0.4) is 0 Å². The number of nitrogens with one attached hydrogen (secondary N) is 1. The molecule has 0 spiro atoms. The molecule has 1 aromatic rings. The molecule has 15 heavy (non-hydrogen) atoms. The van der Waals surface area contributed by atoms with E-state index in [1.54, 1.807) is 11.3 Å². The van der Waals surface area contributed by atoms with Crippen LogP contribution in [-0.2, 0) is 11.3 Å². The third kappa shape index (κ3) is 3.87. The molecule has 1 aliphatic heterocycles. The molecule has 1 aromatic heterocycles. The Morgan fingerprint density at radius 1 is 1.60 bits per heavy atom. The van der Waals surface area contributed by atoms with Gasteiger partial charge in [0, 0.05) is 19.7 Å². The molecule has 0 bridgehead atoms. The van der Waals surface area contributed by atoms with Crippen LogP contribution >= 0.6 is 27.3 Å². The van der Waals surface area contributed by atoms with Crippen LogP contribution in [0.25, 0.3) is 0 Å². The molecular formula is C11H16BrNOS. The average Bonchev–Trinajstić information content (AvgIpc) is 2.66. The molecule has 1 aliphatic rings. The molecule has 0 amide bonds. The van der Waals surface area contributed by atoms with Crippen molar-refractivity contribution in [1.29, 1.82) is 0 Å². The Morgan fingerprint density at radius 2 is 2.53 bits per heavy atom. The summed E-state index contributed by atoms with van der Waals surface area (Å²) < 4.78 is 6.65. The van der Waals surface area contributed by atoms with E-state index >= 15 is 0 Å². The van der Waals surface area contributed by atoms with E-state index in [0.717, 1.165) is 26.3 Å².